The van der Waals surface area contributed by atoms with Gasteiger partial charge < -0.3 is 15.4 Å². The third kappa shape index (κ3) is 3.92. The molecule has 0 radical (unpaired) electrons. The Kier molecular flexibility index (Phi) is 5.92. The monoisotopic (exact) mass is 356 g/mol. The SMILES string of the molecule is COC(=O)[C@@H](C)NC(=O)[C@@H]1C[NH2+]CCN1S(=O)(=O)c1ccccc1. The van der Waals surface area contributed by atoms with Gasteiger partial charge in [-0.2, -0.15) is 4.31 Å². The lowest BCUT2D eigenvalue weighted by Crippen LogP contribution is -2.92. The van der Waals surface area contributed by atoms with Gasteiger partial charge in [-0.3, -0.25) is 4.79 Å². The summed E-state index contributed by atoms with van der Waals surface area (Å²) in [4.78, 5) is 24.1. The highest BCUT2D eigenvalue weighted by molar-refractivity contribution is 7.89. The maximum absolute atomic E-state index is 12.8. The second kappa shape index (κ2) is 7.73. The molecule has 0 aromatic heterocycles. The van der Waals surface area contributed by atoms with E-state index in [9.17, 15) is 18.0 Å². The fourth-order valence-electron chi connectivity index (χ4n) is 2.57. The molecule has 1 aliphatic rings. The van der Waals surface area contributed by atoms with Crippen molar-refractivity contribution in [3.05, 3.63) is 30.3 Å². The Morgan fingerprint density at radius 2 is 2.00 bits per heavy atom. The van der Waals surface area contributed by atoms with Crippen molar-refractivity contribution < 1.29 is 28.1 Å². The van der Waals surface area contributed by atoms with Crippen molar-refractivity contribution in [2.24, 2.45) is 0 Å². The first-order chi connectivity index (χ1) is 11.4. The summed E-state index contributed by atoms with van der Waals surface area (Å²) in [5.41, 5.74) is 0. The minimum atomic E-state index is -3.78. The lowest BCUT2D eigenvalue weighted by molar-refractivity contribution is -0.664. The topological polar surface area (TPSA) is 109 Å². The van der Waals surface area contributed by atoms with E-state index in [0.717, 1.165) is 0 Å². The average molecular weight is 356 g/mol. The van der Waals surface area contributed by atoms with Crippen LogP contribution in [-0.2, 0) is 24.3 Å². The summed E-state index contributed by atoms with van der Waals surface area (Å²) < 4.78 is 31.4. The van der Waals surface area contributed by atoms with Crippen molar-refractivity contribution in [1.29, 1.82) is 0 Å². The number of nitrogens with one attached hydrogen (secondary N) is 1. The number of benzene rings is 1. The second-order valence-corrected chi connectivity index (χ2v) is 7.40. The summed E-state index contributed by atoms with van der Waals surface area (Å²) in [6, 6.07) is 6.28. The fraction of sp³-hybridized carbons (Fsp3) is 0.467. The largest absolute Gasteiger partial charge is 0.467 e. The highest BCUT2D eigenvalue weighted by Crippen LogP contribution is 2.18. The predicted octanol–water partition coefficient (Wildman–Crippen LogP) is -1.70. The highest BCUT2D eigenvalue weighted by atomic mass is 32.2. The molecule has 1 aliphatic heterocycles. The van der Waals surface area contributed by atoms with E-state index < -0.39 is 34.0 Å². The molecule has 1 fully saturated rings. The molecule has 0 unspecified atom stereocenters. The number of hydrogen-bond acceptors (Lipinski definition) is 5. The van der Waals surface area contributed by atoms with Gasteiger partial charge in [0.05, 0.1) is 25.1 Å². The zero-order valence-electron chi connectivity index (χ0n) is 13.6. The average Bonchev–Trinajstić information content (AvgIpc) is 2.61. The van der Waals surface area contributed by atoms with Gasteiger partial charge in [0.1, 0.15) is 12.6 Å². The van der Waals surface area contributed by atoms with E-state index in [1.54, 1.807) is 18.2 Å². The molecule has 3 N–H and O–H groups in total. The molecule has 132 valence electrons. The minimum absolute atomic E-state index is 0.144. The molecule has 1 aromatic carbocycles. The number of sulfonamides is 1. The van der Waals surface area contributed by atoms with Gasteiger partial charge in [-0.25, -0.2) is 13.2 Å². The highest BCUT2D eigenvalue weighted by Gasteiger charge is 2.40. The Labute approximate surface area is 141 Å². The molecule has 1 heterocycles. The first-order valence-corrected chi connectivity index (χ1v) is 9.08. The van der Waals surface area contributed by atoms with Gasteiger partial charge in [-0.15, -0.1) is 0 Å². The maximum atomic E-state index is 12.8. The number of rotatable bonds is 5. The molecule has 1 aromatic rings. The zero-order valence-corrected chi connectivity index (χ0v) is 14.5. The second-order valence-electron chi connectivity index (χ2n) is 5.51. The van der Waals surface area contributed by atoms with Crippen LogP contribution in [-0.4, -0.2) is 63.4 Å². The van der Waals surface area contributed by atoms with Crippen LogP contribution in [0.25, 0.3) is 0 Å². The smallest absolute Gasteiger partial charge is 0.328 e. The van der Waals surface area contributed by atoms with Crippen molar-refractivity contribution in [3.63, 3.8) is 0 Å². The van der Waals surface area contributed by atoms with Crippen molar-refractivity contribution in [1.82, 2.24) is 9.62 Å². The Morgan fingerprint density at radius 1 is 1.33 bits per heavy atom. The van der Waals surface area contributed by atoms with E-state index in [0.29, 0.717) is 13.1 Å². The first-order valence-electron chi connectivity index (χ1n) is 7.64. The maximum Gasteiger partial charge on any atom is 0.328 e. The molecule has 8 nitrogen and oxygen atoms in total. The van der Waals surface area contributed by atoms with E-state index in [1.165, 1.54) is 30.5 Å². The van der Waals surface area contributed by atoms with E-state index >= 15 is 0 Å². The lowest BCUT2D eigenvalue weighted by Gasteiger charge is -2.32. The zero-order chi connectivity index (χ0) is 17.7. The van der Waals surface area contributed by atoms with Gasteiger partial charge in [0, 0.05) is 0 Å². The Hall–Kier alpha value is -1.97. The molecule has 24 heavy (non-hydrogen) atoms. The van der Waals surface area contributed by atoms with Crippen LogP contribution >= 0.6 is 0 Å². The number of quaternary nitrogens is 1. The number of carbonyl (C=O) groups is 2. The molecule has 0 aliphatic carbocycles. The first kappa shape index (κ1) is 18.4. The van der Waals surface area contributed by atoms with Gasteiger partial charge in [-0.1, -0.05) is 18.2 Å². The molecule has 0 bridgehead atoms. The van der Waals surface area contributed by atoms with Gasteiger partial charge in [0.15, 0.2) is 6.04 Å². The predicted molar refractivity (Wildman–Crippen MR) is 85.4 cm³/mol. The van der Waals surface area contributed by atoms with Crippen LogP contribution in [0.5, 0.6) is 0 Å². The van der Waals surface area contributed by atoms with Gasteiger partial charge in [0.25, 0.3) is 0 Å². The van der Waals surface area contributed by atoms with Crippen LogP contribution in [0.1, 0.15) is 6.92 Å². The molecular weight excluding hydrogens is 334 g/mol. The number of methoxy groups -OCH3 is 1. The van der Waals surface area contributed by atoms with Crippen LogP contribution in [0.15, 0.2) is 35.2 Å². The normalized spacial score (nSPS) is 20.2. The number of nitrogens with zero attached hydrogens (tertiary/aromatic N) is 1. The molecular formula is C15H22N3O5S+. The number of ether oxygens (including phenoxy) is 1. The fourth-order valence-corrected chi connectivity index (χ4v) is 4.20. The molecule has 2 atom stereocenters. The minimum Gasteiger partial charge on any atom is -0.467 e. The third-order valence-electron chi connectivity index (χ3n) is 3.86. The standard InChI is InChI=1S/C15H21N3O5S/c1-11(15(20)23-2)17-14(19)13-10-16-8-9-18(13)24(21,22)12-6-4-3-5-7-12/h3-7,11,13,16H,8-10H2,1-2H3,(H,17,19)/p+1/t11-,13+/m1/s1. The third-order valence-corrected chi connectivity index (χ3v) is 5.78. The van der Waals surface area contributed by atoms with Crippen LogP contribution in [0, 0.1) is 0 Å². The van der Waals surface area contributed by atoms with E-state index in [1.807, 2.05) is 5.32 Å². The Morgan fingerprint density at radius 3 is 2.62 bits per heavy atom. The molecule has 1 saturated heterocycles. The van der Waals surface area contributed by atoms with Crippen LogP contribution in [0.4, 0.5) is 0 Å². The number of carbonyl (C=O) groups excluding carboxylic acids is 2. The number of esters is 1. The van der Waals surface area contributed by atoms with Crippen molar-refractivity contribution in [2.45, 2.75) is 23.9 Å². The quantitative estimate of drug-likeness (QED) is 0.611. The van der Waals surface area contributed by atoms with E-state index in [-0.39, 0.29) is 11.4 Å². The van der Waals surface area contributed by atoms with Crippen LogP contribution in [0.2, 0.25) is 0 Å². The summed E-state index contributed by atoms with van der Waals surface area (Å²) >= 11 is 0. The van der Waals surface area contributed by atoms with Crippen LogP contribution < -0.4 is 10.6 Å². The van der Waals surface area contributed by atoms with E-state index in [2.05, 4.69) is 10.1 Å². The molecule has 0 spiro atoms. The number of piperazine rings is 1. The van der Waals surface area contributed by atoms with E-state index in [4.69, 9.17) is 0 Å². The summed E-state index contributed by atoms with van der Waals surface area (Å²) in [5, 5.41) is 4.39. The molecule has 1 amide bonds. The Bertz CT molecular complexity index is 692. The summed E-state index contributed by atoms with van der Waals surface area (Å²) in [7, 11) is -2.55. The molecule has 9 heteroatoms. The van der Waals surface area contributed by atoms with Gasteiger partial charge in [-0.05, 0) is 19.1 Å². The van der Waals surface area contributed by atoms with Crippen molar-refractivity contribution in [3.8, 4) is 0 Å². The number of amides is 1. The summed E-state index contributed by atoms with van der Waals surface area (Å²) in [5.74, 6) is -1.09. The number of hydrogen-bond donors (Lipinski definition) is 2. The van der Waals surface area contributed by atoms with Gasteiger partial charge in [0.2, 0.25) is 15.9 Å². The summed E-state index contributed by atoms with van der Waals surface area (Å²) in [6.45, 7) is 2.59. The van der Waals surface area contributed by atoms with Crippen LogP contribution in [0.3, 0.4) is 0 Å². The van der Waals surface area contributed by atoms with Gasteiger partial charge >= 0.3 is 5.97 Å². The summed E-state index contributed by atoms with van der Waals surface area (Å²) in [6.07, 6.45) is 0. The molecule has 2 rings (SSSR count). The number of nitrogens with two attached hydrogens (primary N) is 1. The lowest BCUT2D eigenvalue weighted by atomic mass is 10.2. The van der Waals surface area contributed by atoms with Crippen molar-refractivity contribution in [2.75, 3.05) is 26.7 Å². The molecule has 0 saturated carbocycles. The van der Waals surface area contributed by atoms with Crippen molar-refractivity contribution >= 4 is 21.9 Å². The Balaban J connectivity index is 2.22.